The number of carbonyl (C=O) groups is 1. The van der Waals surface area contributed by atoms with E-state index in [9.17, 15) is 9.90 Å². The fourth-order valence-electron chi connectivity index (χ4n) is 4.82. The third-order valence-electron chi connectivity index (χ3n) is 6.60. The zero-order valence-electron chi connectivity index (χ0n) is 19.8. The monoisotopic (exact) mass is 509 g/mol. The van der Waals surface area contributed by atoms with Gasteiger partial charge >= 0.3 is 0 Å². The molecule has 3 aliphatic rings. The molecule has 1 unspecified atom stereocenters. The maximum atomic E-state index is 12.5. The van der Waals surface area contributed by atoms with E-state index < -0.39 is 18.2 Å². The first-order valence-electron chi connectivity index (χ1n) is 11.9. The number of aliphatic hydroxyl groups excluding tert-OH is 1. The van der Waals surface area contributed by atoms with E-state index in [1.165, 1.54) is 6.26 Å². The van der Waals surface area contributed by atoms with Crippen molar-refractivity contribution in [3.63, 3.8) is 0 Å². The molecule has 12 heteroatoms. The lowest BCUT2D eigenvalue weighted by atomic mass is 10.1. The number of primary amides is 1. The van der Waals surface area contributed by atoms with E-state index in [4.69, 9.17) is 25.2 Å². The molecule has 2 atom stereocenters. The lowest BCUT2D eigenvalue weighted by Crippen LogP contribution is -2.36. The number of ether oxygens (including phenoxy) is 2. The van der Waals surface area contributed by atoms with Gasteiger partial charge in [-0.25, -0.2) is 4.98 Å². The van der Waals surface area contributed by atoms with Crippen LogP contribution in [0.5, 0.6) is 0 Å². The molecule has 0 bridgehead atoms. The summed E-state index contributed by atoms with van der Waals surface area (Å²) in [5.74, 6) is 0.0281. The maximum Gasteiger partial charge on any atom is 0.268 e. The molecule has 3 aliphatic heterocycles. The Morgan fingerprint density at radius 3 is 2.75 bits per heavy atom. The maximum absolute atomic E-state index is 12.5. The SMILES string of the molecule is Cc1cc([C@H]2OC=C(C(N)=O)N2c2cc3sc(N4CCOCC4)nc3nc2N2CCC(O)C2)ccn1. The normalized spacial score (nSPS) is 22.3. The van der Waals surface area contributed by atoms with Gasteiger partial charge in [0.05, 0.1) is 29.7 Å². The van der Waals surface area contributed by atoms with Crippen LogP contribution in [0.25, 0.3) is 10.3 Å². The van der Waals surface area contributed by atoms with Crippen molar-refractivity contribution in [2.45, 2.75) is 25.7 Å². The summed E-state index contributed by atoms with van der Waals surface area (Å²) in [6, 6.07) is 5.78. The van der Waals surface area contributed by atoms with Crippen LogP contribution in [-0.2, 0) is 14.3 Å². The molecule has 2 fully saturated rings. The molecule has 2 saturated heterocycles. The van der Waals surface area contributed by atoms with E-state index >= 15 is 0 Å². The van der Waals surface area contributed by atoms with Gasteiger partial charge in [-0.1, -0.05) is 11.3 Å². The van der Waals surface area contributed by atoms with Crippen LogP contribution in [0.2, 0.25) is 0 Å². The largest absolute Gasteiger partial charge is 0.471 e. The molecular weight excluding hydrogens is 482 g/mol. The number of rotatable bonds is 5. The Bertz CT molecular complexity index is 1340. The van der Waals surface area contributed by atoms with Crippen molar-refractivity contribution in [2.24, 2.45) is 5.73 Å². The molecule has 188 valence electrons. The van der Waals surface area contributed by atoms with Gasteiger partial charge in [0.15, 0.2) is 16.6 Å². The van der Waals surface area contributed by atoms with Crippen molar-refractivity contribution in [3.05, 3.63) is 47.6 Å². The van der Waals surface area contributed by atoms with Crippen molar-refractivity contribution in [1.29, 1.82) is 0 Å². The van der Waals surface area contributed by atoms with Crippen molar-refractivity contribution in [2.75, 3.05) is 54.1 Å². The molecule has 0 aliphatic carbocycles. The lowest BCUT2D eigenvalue weighted by Gasteiger charge is -2.30. The second kappa shape index (κ2) is 9.19. The van der Waals surface area contributed by atoms with Gasteiger partial charge < -0.3 is 30.1 Å². The summed E-state index contributed by atoms with van der Waals surface area (Å²) in [6.45, 7) is 5.85. The van der Waals surface area contributed by atoms with Crippen molar-refractivity contribution in [3.8, 4) is 0 Å². The average Bonchev–Trinajstić information content (AvgIpc) is 3.61. The minimum absolute atomic E-state index is 0.231. The Morgan fingerprint density at radius 2 is 2.03 bits per heavy atom. The number of nitrogens with zero attached hydrogens (tertiary/aromatic N) is 6. The van der Waals surface area contributed by atoms with Crippen LogP contribution in [0.4, 0.5) is 16.6 Å². The molecule has 0 spiro atoms. The number of morpholine rings is 1. The topological polar surface area (TPSA) is 130 Å². The zero-order chi connectivity index (χ0) is 24.8. The Hall–Kier alpha value is -3.48. The molecule has 11 nitrogen and oxygen atoms in total. The zero-order valence-corrected chi connectivity index (χ0v) is 20.6. The van der Waals surface area contributed by atoms with E-state index in [0.717, 1.165) is 34.2 Å². The molecular formula is C24H27N7O4S. The summed E-state index contributed by atoms with van der Waals surface area (Å²) in [5, 5.41) is 11.2. The van der Waals surface area contributed by atoms with Crippen LogP contribution in [0.1, 0.15) is 23.9 Å². The summed E-state index contributed by atoms with van der Waals surface area (Å²) < 4.78 is 12.4. The van der Waals surface area contributed by atoms with Crippen LogP contribution >= 0.6 is 11.3 Å². The minimum Gasteiger partial charge on any atom is -0.471 e. The van der Waals surface area contributed by atoms with Crippen LogP contribution in [-0.4, -0.2) is 71.5 Å². The number of thiazole rings is 1. The number of anilines is 3. The first-order chi connectivity index (χ1) is 17.5. The third-order valence-corrected chi connectivity index (χ3v) is 7.65. The van der Waals surface area contributed by atoms with E-state index in [0.29, 0.717) is 49.9 Å². The van der Waals surface area contributed by atoms with E-state index in [1.54, 1.807) is 22.4 Å². The smallest absolute Gasteiger partial charge is 0.268 e. The lowest BCUT2D eigenvalue weighted by molar-refractivity contribution is -0.114. The van der Waals surface area contributed by atoms with Gasteiger partial charge in [-0.2, -0.15) is 4.98 Å². The first-order valence-corrected chi connectivity index (χ1v) is 12.7. The van der Waals surface area contributed by atoms with Crippen LogP contribution < -0.4 is 20.4 Å². The number of amides is 1. The molecule has 3 aromatic heterocycles. The number of aryl methyl sites for hydroxylation is 1. The highest BCUT2D eigenvalue weighted by Crippen LogP contribution is 2.44. The summed E-state index contributed by atoms with van der Waals surface area (Å²) in [4.78, 5) is 32.6. The highest BCUT2D eigenvalue weighted by atomic mass is 32.1. The van der Waals surface area contributed by atoms with Gasteiger partial charge in [-0.05, 0) is 31.5 Å². The first kappa shape index (κ1) is 23.0. The van der Waals surface area contributed by atoms with Gasteiger partial charge in [0.2, 0.25) is 6.23 Å². The van der Waals surface area contributed by atoms with Crippen LogP contribution in [0.15, 0.2) is 36.4 Å². The number of hydrogen-bond acceptors (Lipinski definition) is 11. The molecule has 0 saturated carbocycles. The number of carbonyl (C=O) groups excluding carboxylic acids is 1. The van der Waals surface area contributed by atoms with Crippen LogP contribution in [0.3, 0.4) is 0 Å². The Kier molecular flexibility index (Phi) is 5.86. The second-order valence-corrected chi connectivity index (χ2v) is 10.1. The quantitative estimate of drug-likeness (QED) is 0.524. The highest BCUT2D eigenvalue weighted by molar-refractivity contribution is 7.22. The van der Waals surface area contributed by atoms with Gasteiger partial charge in [0, 0.05) is 43.6 Å². The van der Waals surface area contributed by atoms with Crippen LogP contribution in [0, 0.1) is 6.92 Å². The number of nitrogens with two attached hydrogens (primary N) is 1. The second-order valence-electron chi connectivity index (χ2n) is 9.09. The number of hydrogen-bond donors (Lipinski definition) is 2. The van der Waals surface area contributed by atoms with Gasteiger partial charge in [0.1, 0.15) is 12.0 Å². The summed E-state index contributed by atoms with van der Waals surface area (Å²) in [7, 11) is 0. The molecule has 0 radical (unpaired) electrons. The number of β-amino-alcohol motifs (C(OH)–C–C–N with tert-alkyl or cyclic N) is 1. The van der Waals surface area contributed by atoms with E-state index in [-0.39, 0.29) is 5.70 Å². The van der Waals surface area contributed by atoms with Gasteiger partial charge in [0.25, 0.3) is 5.91 Å². The molecule has 6 heterocycles. The third kappa shape index (κ3) is 4.10. The fourth-order valence-corrected chi connectivity index (χ4v) is 5.82. The predicted octanol–water partition coefficient (Wildman–Crippen LogP) is 1.66. The number of aliphatic hydroxyl groups is 1. The molecule has 0 aromatic carbocycles. The molecule has 1 amide bonds. The summed E-state index contributed by atoms with van der Waals surface area (Å²) >= 11 is 1.55. The fraction of sp³-hybridized carbons (Fsp3) is 0.417. The highest BCUT2D eigenvalue weighted by Gasteiger charge is 2.37. The molecule has 6 rings (SSSR count). The Morgan fingerprint density at radius 1 is 1.19 bits per heavy atom. The Labute approximate surface area is 211 Å². The van der Waals surface area contributed by atoms with Crippen molar-refractivity contribution >= 4 is 44.2 Å². The van der Waals surface area contributed by atoms with Gasteiger partial charge in [-0.15, -0.1) is 0 Å². The van der Waals surface area contributed by atoms with E-state index in [2.05, 4.69) is 9.88 Å². The van der Waals surface area contributed by atoms with E-state index in [1.807, 2.05) is 30.0 Å². The van der Waals surface area contributed by atoms with Crippen molar-refractivity contribution < 1.29 is 19.4 Å². The number of pyridine rings is 2. The Balaban J connectivity index is 1.49. The summed E-state index contributed by atoms with van der Waals surface area (Å²) in [6.07, 6.45) is 2.69. The predicted molar refractivity (Wildman–Crippen MR) is 136 cm³/mol. The molecule has 36 heavy (non-hydrogen) atoms. The average molecular weight is 510 g/mol. The van der Waals surface area contributed by atoms with Crippen molar-refractivity contribution in [1.82, 2.24) is 15.0 Å². The van der Waals surface area contributed by atoms with Gasteiger partial charge in [-0.3, -0.25) is 14.7 Å². The molecule has 3 aromatic rings. The number of aromatic nitrogens is 3. The summed E-state index contributed by atoms with van der Waals surface area (Å²) in [5.41, 5.74) is 8.99. The number of fused-ring (bicyclic) bond motifs is 1. The standard InChI is InChI=1S/C24H27N7O4S/c1-14-10-15(2-4-26-14)23-31(18(13-35-23)20(25)33)17-11-19-21(27-22(17)30-5-3-16(32)12-30)28-24(36-19)29-6-8-34-9-7-29/h2,4,10-11,13,16,23,32H,3,5-9,12H2,1H3,(H2,25,33)/t16?,23-/m1/s1. The minimum atomic E-state index is -0.619. The molecule has 3 N–H and O–H groups in total.